The van der Waals surface area contributed by atoms with E-state index < -0.39 is 6.10 Å². The summed E-state index contributed by atoms with van der Waals surface area (Å²) in [5.74, 6) is 0. The van der Waals surface area contributed by atoms with Crippen LogP contribution in [0.5, 0.6) is 0 Å². The predicted octanol–water partition coefficient (Wildman–Crippen LogP) is 2.81. The maximum Gasteiger partial charge on any atom is 0.0900 e. The highest BCUT2D eigenvalue weighted by atomic mass is 32.1. The fourth-order valence-corrected chi connectivity index (χ4v) is 3.57. The molecule has 1 aliphatic heterocycles. The summed E-state index contributed by atoms with van der Waals surface area (Å²) >= 11 is 1.68. The molecule has 2 N–H and O–H groups in total. The largest absolute Gasteiger partial charge is 0.389 e. The molecule has 0 amide bonds. The molecule has 124 valence electrons. The quantitative estimate of drug-likeness (QED) is 0.780. The summed E-state index contributed by atoms with van der Waals surface area (Å²) in [7, 11) is 0. The average molecular weight is 332 g/mol. The lowest BCUT2D eigenvalue weighted by Crippen LogP contribution is -2.35. The highest BCUT2D eigenvalue weighted by Gasteiger charge is 2.24. The van der Waals surface area contributed by atoms with Gasteiger partial charge >= 0.3 is 0 Å². The maximum absolute atomic E-state index is 10.1. The van der Waals surface area contributed by atoms with Crippen molar-refractivity contribution in [1.82, 2.24) is 4.90 Å². The SMILES string of the molecule is O[C@H](COCc1cccs1)CN1CC[C@H](Nc2ccccc2)C1. The van der Waals surface area contributed by atoms with Crippen LogP contribution in [0.15, 0.2) is 47.8 Å². The maximum atomic E-state index is 10.1. The number of nitrogens with one attached hydrogen (secondary N) is 1. The zero-order valence-corrected chi connectivity index (χ0v) is 14.0. The molecule has 0 bridgehead atoms. The molecule has 2 atom stereocenters. The van der Waals surface area contributed by atoms with Crippen LogP contribution in [0.4, 0.5) is 5.69 Å². The monoisotopic (exact) mass is 332 g/mol. The summed E-state index contributed by atoms with van der Waals surface area (Å²) < 4.78 is 5.59. The first-order chi connectivity index (χ1) is 11.3. The molecule has 1 fully saturated rings. The van der Waals surface area contributed by atoms with Gasteiger partial charge in [0.25, 0.3) is 0 Å². The second-order valence-electron chi connectivity index (χ2n) is 6.00. The molecule has 0 saturated carbocycles. The molecule has 1 saturated heterocycles. The number of β-amino-alcohol motifs (C(OH)–C–C–N with tert-alkyl or cyclic N) is 1. The molecule has 5 heteroatoms. The van der Waals surface area contributed by atoms with Gasteiger partial charge in [-0.05, 0) is 30.0 Å². The highest BCUT2D eigenvalue weighted by Crippen LogP contribution is 2.16. The number of hydrogen-bond donors (Lipinski definition) is 2. The third-order valence-electron chi connectivity index (χ3n) is 4.02. The van der Waals surface area contributed by atoms with E-state index >= 15 is 0 Å². The fourth-order valence-electron chi connectivity index (χ4n) is 2.93. The second kappa shape index (κ2) is 8.45. The molecular weight excluding hydrogens is 308 g/mol. The Labute approximate surface area is 141 Å². The number of aliphatic hydroxyl groups is 1. The van der Waals surface area contributed by atoms with Gasteiger partial charge in [0.1, 0.15) is 0 Å². The summed E-state index contributed by atoms with van der Waals surface area (Å²) in [4.78, 5) is 3.50. The predicted molar refractivity (Wildman–Crippen MR) is 94.9 cm³/mol. The van der Waals surface area contributed by atoms with E-state index in [4.69, 9.17) is 4.74 Å². The first-order valence-electron chi connectivity index (χ1n) is 8.12. The smallest absolute Gasteiger partial charge is 0.0900 e. The standard InChI is InChI=1S/C18H24N2O2S/c21-17(13-22-14-18-7-4-10-23-18)12-20-9-8-16(11-20)19-15-5-2-1-3-6-15/h1-7,10,16-17,19,21H,8-9,11-14H2/t16-,17-/m0/s1. The van der Waals surface area contributed by atoms with Crippen molar-refractivity contribution in [3.05, 3.63) is 52.7 Å². The normalized spacial score (nSPS) is 19.8. The van der Waals surface area contributed by atoms with Crippen LogP contribution in [-0.2, 0) is 11.3 Å². The first kappa shape index (κ1) is 16.5. The average Bonchev–Trinajstić information content (AvgIpc) is 3.21. The molecule has 0 unspecified atom stereocenters. The Morgan fingerprint density at radius 3 is 2.91 bits per heavy atom. The van der Waals surface area contributed by atoms with Crippen LogP contribution in [0, 0.1) is 0 Å². The second-order valence-corrected chi connectivity index (χ2v) is 7.04. The van der Waals surface area contributed by atoms with Gasteiger partial charge in [0, 0.05) is 36.2 Å². The summed E-state index contributed by atoms with van der Waals surface area (Å²) in [5, 5.41) is 15.7. The molecule has 1 aliphatic rings. The fraction of sp³-hybridized carbons (Fsp3) is 0.444. The molecular formula is C18H24N2O2S. The Morgan fingerprint density at radius 1 is 1.26 bits per heavy atom. The van der Waals surface area contributed by atoms with Crippen LogP contribution in [0.3, 0.4) is 0 Å². The third kappa shape index (κ3) is 5.32. The van der Waals surface area contributed by atoms with E-state index in [1.54, 1.807) is 11.3 Å². The molecule has 23 heavy (non-hydrogen) atoms. The van der Waals surface area contributed by atoms with E-state index in [1.807, 2.05) is 29.6 Å². The lowest BCUT2D eigenvalue weighted by atomic mass is 10.2. The topological polar surface area (TPSA) is 44.7 Å². The summed E-state index contributed by atoms with van der Waals surface area (Å²) in [5.41, 5.74) is 1.17. The van der Waals surface area contributed by atoms with E-state index in [0.29, 0.717) is 25.8 Å². The molecule has 0 radical (unpaired) electrons. The molecule has 3 rings (SSSR count). The molecule has 4 nitrogen and oxygen atoms in total. The molecule has 0 spiro atoms. The number of aliphatic hydroxyl groups excluding tert-OH is 1. The Bertz CT molecular complexity index is 562. The van der Waals surface area contributed by atoms with Crippen LogP contribution in [-0.4, -0.2) is 48.4 Å². The minimum Gasteiger partial charge on any atom is -0.389 e. The van der Waals surface area contributed by atoms with Crippen LogP contribution in [0.2, 0.25) is 0 Å². The van der Waals surface area contributed by atoms with E-state index in [0.717, 1.165) is 19.5 Å². The van der Waals surface area contributed by atoms with Crippen molar-refractivity contribution in [1.29, 1.82) is 0 Å². The van der Waals surface area contributed by atoms with Crippen LogP contribution in [0.1, 0.15) is 11.3 Å². The van der Waals surface area contributed by atoms with E-state index in [1.165, 1.54) is 10.6 Å². The highest BCUT2D eigenvalue weighted by molar-refractivity contribution is 7.09. The van der Waals surface area contributed by atoms with Crippen molar-refractivity contribution >= 4 is 17.0 Å². The Balaban J connectivity index is 1.34. The minimum atomic E-state index is -0.426. The summed E-state index contributed by atoms with van der Waals surface area (Å²) in [6.45, 7) is 3.65. The van der Waals surface area contributed by atoms with Crippen molar-refractivity contribution in [3.8, 4) is 0 Å². The zero-order valence-electron chi connectivity index (χ0n) is 13.2. The van der Waals surface area contributed by atoms with Gasteiger partial charge in [-0.2, -0.15) is 0 Å². The molecule has 0 aliphatic carbocycles. The number of ether oxygens (including phenoxy) is 1. The number of para-hydroxylation sites is 1. The van der Waals surface area contributed by atoms with Crippen molar-refractivity contribution < 1.29 is 9.84 Å². The van der Waals surface area contributed by atoms with Crippen LogP contribution < -0.4 is 5.32 Å². The number of nitrogens with zero attached hydrogens (tertiary/aromatic N) is 1. The van der Waals surface area contributed by atoms with E-state index in [2.05, 4.69) is 28.4 Å². The van der Waals surface area contributed by atoms with Crippen molar-refractivity contribution in [2.24, 2.45) is 0 Å². The molecule has 2 heterocycles. The third-order valence-corrected chi connectivity index (χ3v) is 4.87. The van der Waals surface area contributed by atoms with Crippen LogP contribution in [0.25, 0.3) is 0 Å². The van der Waals surface area contributed by atoms with E-state index in [9.17, 15) is 5.11 Å². The molecule has 1 aromatic heterocycles. The van der Waals surface area contributed by atoms with Gasteiger partial charge in [0.05, 0.1) is 19.3 Å². The number of thiophene rings is 1. The summed E-state index contributed by atoms with van der Waals surface area (Å²) in [6.07, 6.45) is 0.683. The van der Waals surface area contributed by atoms with Crippen molar-refractivity contribution in [2.45, 2.75) is 25.2 Å². The number of anilines is 1. The molecule has 2 aromatic rings. The lowest BCUT2D eigenvalue weighted by molar-refractivity contribution is 0.0141. The van der Waals surface area contributed by atoms with Gasteiger partial charge in [-0.15, -0.1) is 11.3 Å². The summed E-state index contributed by atoms with van der Waals surface area (Å²) in [6, 6.07) is 14.8. The Morgan fingerprint density at radius 2 is 2.13 bits per heavy atom. The number of hydrogen-bond acceptors (Lipinski definition) is 5. The Hall–Kier alpha value is -1.40. The molecule has 1 aromatic carbocycles. The number of rotatable bonds is 8. The van der Waals surface area contributed by atoms with Crippen molar-refractivity contribution in [2.75, 3.05) is 31.6 Å². The van der Waals surface area contributed by atoms with Gasteiger partial charge in [0.2, 0.25) is 0 Å². The van der Waals surface area contributed by atoms with Gasteiger partial charge in [-0.1, -0.05) is 24.3 Å². The van der Waals surface area contributed by atoms with Crippen molar-refractivity contribution in [3.63, 3.8) is 0 Å². The lowest BCUT2D eigenvalue weighted by Gasteiger charge is -2.20. The van der Waals surface area contributed by atoms with Gasteiger partial charge in [-0.25, -0.2) is 0 Å². The van der Waals surface area contributed by atoms with Gasteiger partial charge in [0.15, 0.2) is 0 Å². The number of likely N-dealkylation sites (tertiary alicyclic amines) is 1. The minimum absolute atomic E-state index is 0.394. The Kier molecular flexibility index (Phi) is 6.05. The van der Waals surface area contributed by atoms with Gasteiger partial charge < -0.3 is 15.2 Å². The van der Waals surface area contributed by atoms with Crippen LogP contribution >= 0.6 is 11.3 Å². The van der Waals surface area contributed by atoms with Gasteiger partial charge in [-0.3, -0.25) is 4.90 Å². The zero-order chi connectivity index (χ0) is 15.9. The van der Waals surface area contributed by atoms with E-state index in [-0.39, 0.29) is 0 Å². The first-order valence-corrected chi connectivity index (χ1v) is 8.99. The number of benzene rings is 1.